The second-order valence-electron chi connectivity index (χ2n) is 2.21. The third-order valence-electron chi connectivity index (χ3n) is 1.31. The molecular weight excluding hydrogens is 264 g/mol. The first kappa shape index (κ1) is 10.6. The summed E-state index contributed by atoms with van der Waals surface area (Å²) in [6, 6.07) is 1.80. The molecule has 0 radical (unpaired) electrons. The van der Waals surface area contributed by atoms with Gasteiger partial charge in [0, 0.05) is 9.35 Å². The Morgan fingerprint density at radius 3 is 2.85 bits per heavy atom. The third-order valence-corrected chi connectivity index (χ3v) is 3.24. The van der Waals surface area contributed by atoms with E-state index in [1.165, 1.54) is 11.3 Å². The summed E-state index contributed by atoms with van der Waals surface area (Å²) in [7, 11) is 0. The van der Waals surface area contributed by atoms with Crippen LogP contribution in [-0.2, 0) is 11.3 Å². The van der Waals surface area contributed by atoms with Crippen LogP contribution in [0.4, 0.5) is 8.78 Å². The molecular formula is C7H6BrF2NOS. The van der Waals surface area contributed by atoms with Crippen molar-refractivity contribution in [1.82, 2.24) is 5.32 Å². The van der Waals surface area contributed by atoms with Crippen molar-refractivity contribution >= 4 is 33.2 Å². The highest BCUT2D eigenvalue weighted by Gasteiger charge is 2.14. The zero-order valence-electron chi connectivity index (χ0n) is 6.39. The van der Waals surface area contributed by atoms with Gasteiger partial charge in [-0.3, -0.25) is 4.79 Å². The molecule has 0 aliphatic carbocycles. The number of amides is 1. The summed E-state index contributed by atoms with van der Waals surface area (Å²) < 4.78 is 24.3. The summed E-state index contributed by atoms with van der Waals surface area (Å²) in [5.41, 5.74) is 0. The van der Waals surface area contributed by atoms with Gasteiger partial charge in [0.15, 0.2) is 0 Å². The van der Waals surface area contributed by atoms with Crippen molar-refractivity contribution in [2.45, 2.75) is 13.0 Å². The SMILES string of the molecule is O=C(NCc1sccc1Br)C(F)F. The molecule has 0 atom stereocenters. The third kappa shape index (κ3) is 3.04. The molecule has 1 rings (SSSR count). The molecule has 0 saturated heterocycles. The summed E-state index contributed by atoms with van der Waals surface area (Å²) in [6.45, 7) is 0.140. The minimum absolute atomic E-state index is 0.140. The van der Waals surface area contributed by atoms with Crippen molar-refractivity contribution in [3.05, 3.63) is 20.8 Å². The first-order valence-electron chi connectivity index (χ1n) is 3.39. The molecule has 0 aromatic carbocycles. The number of hydrogen-bond donors (Lipinski definition) is 1. The van der Waals surface area contributed by atoms with E-state index in [-0.39, 0.29) is 6.54 Å². The first-order chi connectivity index (χ1) is 6.11. The van der Waals surface area contributed by atoms with Gasteiger partial charge in [0.2, 0.25) is 0 Å². The predicted molar refractivity (Wildman–Crippen MR) is 49.9 cm³/mol. The first-order valence-corrected chi connectivity index (χ1v) is 5.06. The molecule has 72 valence electrons. The van der Waals surface area contributed by atoms with E-state index < -0.39 is 12.3 Å². The lowest BCUT2D eigenvalue weighted by molar-refractivity contribution is -0.131. The van der Waals surface area contributed by atoms with E-state index in [0.29, 0.717) is 0 Å². The van der Waals surface area contributed by atoms with E-state index in [2.05, 4.69) is 21.2 Å². The second kappa shape index (κ2) is 4.66. The number of alkyl halides is 2. The average molecular weight is 270 g/mol. The topological polar surface area (TPSA) is 29.1 Å². The normalized spacial score (nSPS) is 10.5. The number of carbonyl (C=O) groups is 1. The van der Waals surface area contributed by atoms with Crippen LogP contribution in [0.1, 0.15) is 4.88 Å². The van der Waals surface area contributed by atoms with Gasteiger partial charge in [-0.15, -0.1) is 11.3 Å². The van der Waals surface area contributed by atoms with E-state index in [4.69, 9.17) is 0 Å². The van der Waals surface area contributed by atoms with Gasteiger partial charge in [-0.25, -0.2) is 0 Å². The molecule has 1 N–H and O–H groups in total. The molecule has 0 fully saturated rings. The number of carbonyl (C=O) groups excluding carboxylic acids is 1. The Hall–Kier alpha value is -0.490. The van der Waals surface area contributed by atoms with Crippen molar-refractivity contribution < 1.29 is 13.6 Å². The molecule has 0 saturated carbocycles. The quantitative estimate of drug-likeness (QED) is 0.897. The Bertz CT molecular complexity index is 302. The zero-order valence-corrected chi connectivity index (χ0v) is 8.79. The van der Waals surface area contributed by atoms with Gasteiger partial charge in [-0.05, 0) is 27.4 Å². The molecule has 0 spiro atoms. The molecule has 1 amide bonds. The molecule has 1 aromatic heterocycles. The standard InChI is InChI=1S/C7H6BrF2NOS/c8-4-1-2-13-5(4)3-11-7(12)6(9)10/h1-2,6H,3H2,(H,11,12). The number of halogens is 3. The van der Waals surface area contributed by atoms with E-state index in [9.17, 15) is 13.6 Å². The maximum Gasteiger partial charge on any atom is 0.315 e. The highest BCUT2D eigenvalue weighted by Crippen LogP contribution is 2.22. The van der Waals surface area contributed by atoms with Gasteiger partial charge in [0.25, 0.3) is 5.91 Å². The van der Waals surface area contributed by atoms with Gasteiger partial charge in [0.1, 0.15) is 0 Å². The Morgan fingerprint density at radius 2 is 2.38 bits per heavy atom. The number of thiophene rings is 1. The van der Waals surface area contributed by atoms with Gasteiger partial charge < -0.3 is 5.32 Å². The van der Waals surface area contributed by atoms with Gasteiger partial charge in [-0.1, -0.05) is 0 Å². The van der Waals surface area contributed by atoms with Crippen LogP contribution >= 0.6 is 27.3 Å². The Kier molecular flexibility index (Phi) is 3.80. The van der Waals surface area contributed by atoms with E-state index >= 15 is 0 Å². The molecule has 0 unspecified atom stereocenters. The monoisotopic (exact) mass is 269 g/mol. The molecule has 1 heterocycles. The van der Waals surface area contributed by atoms with Gasteiger partial charge in [-0.2, -0.15) is 8.78 Å². The molecule has 0 aliphatic rings. The van der Waals surface area contributed by atoms with Crippen LogP contribution in [-0.4, -0.2) is 12.3 Å². The number of rotatable bonds is 3. The lowest BCUT2D eigenvalue weighted by Crippen LogP contribution is -2.28. The van der Waals surface area contributed by atoms with Crippen LogP contribution in [0.15, 0.2) is 15.9 Å². The fraction of sp³-hybridized carbons (Fsp3) is 0.286. The van der Waals surface area contributed by atoms with Crippen LogP contribution in [0.3, 0.4) is 0 Å². The second-order valence-corrected chi connectivity index (χ2v) is 4.07. The lowest BCUT2D eigenvalue weighted by atomic mass is 10.4. The van der Waals surface area contributed by atoms with Crippen molar-refractivity contribution in [2.75, 3.05) is 0 Å². The average Bonchev–Trinajstić information content (AvgIpc) is 2.47. The fourth-order valence-electron chi connectivity index (χ4n) is 0.696. The summed E-state index contributed by atoms with van der Waals surface area (Å²) in [6.07, 6.45) is -2.95. The molecule has 13 heavy (non-hydrogen) atoms. The summed E-state index contributed by atoms with van der Waals surface area (Å²) >= 11 is 4.62. The Balaban J connectivity index is 2.44. The van der Waals surface area contributed by atoms with Crippen LogP contribution in [0.25, 0.3) is 0 Å². The lowest BCUT2D eigenvalue weighted by Gasteiger charge is -2.02. The molecule has 0 aliphatic heterocycles. The molecule has 2 nitrogen and oxygen atoms in total. The smallest absolute Gasteiger partial charge is 0.315 e. The van der Waals surface area contributed by atoms with Crippen LogP contribution in [0.5, 0.6) is 0 Å². The van der Waals surface area contributed by atoms with Crippen molar-refractivity contribution in [2.24, 2.45) is 0 Å². The summed E-state index contributed by atoms with van der Waals surface area (Å²) in [4.78, 5) is 11.3. The predicted octanol–water partition coefficient (Wildman–Crippen LogP) is 2.39. The van der Waals surface area contributed by atoms with Crippen LogP contribution < -0.4 is 5.32 Å². The maximum atomic E-state index is 11.7. The van der Waals surface area contributed by atoms with E-state index in [1.54, 1.807) is 6.07 Å². The minimum atomic E-state index is -2.95. The summed E-state index contributed by atoms with van der Waals surface area (Å²) in [5, 5.41) is 3.93. The van der Waals surface area contributed by atoms with Gasteiger partial charge in [0.05, 0.1) is 6.54 Å². The van der Waals surface area contributed by atoms with Crippen LogP contribution in [0, 0.1) is 0 Å². The van der Waals surface area contributed by atoms with Crippen molar-refractivity contribution in [1.29, 1.82) is 0 Å². The highest BCUT2D eigenvalue weighted by atomic mass is 79.9. The van der Waals surface area contributed by atoms with Crippen LogP contribution in [0.2, 0.25) is 0 Å². The zero-order chi connectivity index (χ0) is 9.84. The fourth-order valence-corrected chi connectivity index (χ4v) is 2.13. The number of nitrogens with one attached hydrogen (secondary N) is 1. The van der Waals surface area contributed by atoms with E-state index in [1.807, 2.05) is 5.38 Å². The minimum Gasteiger partial charge on any atom is -0.346 e. The highest BCUT2D eigenvalue weighted by molar-refractivity contribution is 9.10. The molecule has 1 aromatic rings. The van der Waals surface area contributed by atoms with Crippen molar-refractivity contribution in [3.63, 3.8) is 0 Å². The van der Waals surface area contributed by atoms with Crippen molar-refractivity contribution in [3.8, 4) is 0 Å². The van der Waals surface area contributed by atoms with E-state index in [0.717, 1.165) is 9.35 Å². The largest absolute Gasteiger partial charge is 0.346 e. The molecule has 6 heteroatoms. The summed E-state index contributed by atoms with van der Waals surface area (Å²) in [5.74, 6) is -1.24. The molecule has 0 bridgehead atoms. The Morgan fingerprint density at radius 1 is 1.69 bits per heavy atom. The Labute approximate surface area is 86.1 Å². The maximum absolute atomic E-state index is 11.7. The van der Waals surface area contributed by atoms with Gasteiger partial charge >= 0.3 is 6.43 Å². The number of hydrogen-bond acceptors (Lipinski definition) is 2.